The van der Waals surface area contributed by atoms with E-state index >= 15 is 0 Å². The molecule has 0 spiro atoms. The van der Waals surface area contributed by atoms with Gasteiger partial charge < -0.3 is 4.74 Å². The summed E-state index contributed by atoms with van der Waals surface area (Å²) in [6.07, 6.45) is 4.62. The summed E-state index contributed by atoms with van der Waals surface area (Å²) in [5.74, 6) is 0. The van der Waals surface area contributed by atoms with Crippen LogP contribution in [0.3, 0.4) is 0 Å². The second kappa shape index (κ2) is 6.47. The Morgan fingerprint density at radius 1 is 1.41 bits per heavy atom. The molecule has 17 heavy (non-hydrogen) atoms. The summed E-state index contributed by atoms with van der Waals surface area (Å²) in [5.41, 5.74) is 1.14. The van der Waals surface area contributed by atoms with Gasteiger partial charge in [-0.2, -0.15) is 0 Å². The maximum atomic E-state index is 5.65. The molecule has 1 saturated heterocycles. The van der Waals surface area contributed by atoms with E-state index in [4.69, 9.17) is 4.74 Å². The Kier molecular flexibility index (Phi) is 4.95. The summed E-state index contributed by atoms with van der Waals surface area (Å²) in [7, 11) is 0. The lowest BCUT2D eigenvalue weighted by molar-refractivity contribution is 0.0123. The van der Waals surface area contributed by atoms with Crippen molar-refractivity contribution in [1.82, 2.24) is 9.88 Å². The molecule has 4 heteroatoms. The number of nitrogens with zero attached hydrogens (tertiary/aromatic N) is 2. The van der Waals surface area contributed by atoms with Crippen LogP contribution >= 0.6 is 15.9 Å². The van der Waals surface area contributed by atoms with E-state index in [1.165, 1.54) is 0 Å². The smallest absolute Gasteiger partial charge is 0.0599 e. The highest BCUT2D eigenvalue weighted by Gasteiger charge is 2.19. The average molecular weight is 299 g/mol. The third-order valence-electron chi connectivity index (χ3n) is 3.11. The molecule has 0 aromatic carbocycles. The van der Waals surface area contributed by atoms with Crippen LogP contribution in [-0.2, 0) is 11.3 Å². The van der Waals surface area contributed by atoms with Gasteiger partial charge in [0.2, 0.25) is 0 Å². The monoisotopic (exact) mass is 298 g/mol. The number of piperidine rings is 1. The number of pyridine rings is 1. The van der Waals surface area contributed by atoms with Crippen molar-refractivity contribution in [3.63, 3.8) is 0 Å². The van der Waals surface area contributed by atoms with Gasteiger partial charge in [-0.25, -0.2) is 0 Å². The van der Waals surface area contributed by atoms with Crippen molar-refractivity contribution < 1.29 is 4.74 Å². The van der Waals surface area contributed by atoms with Gasteiger partial charge in [-0.3, -0.25) is 9.88 Å². The molecule has 2 heterocycles. The van der Waals surface area contributed by atoms with Crippen molar-refractivity contribution in [2.75, 3.05) is 19.7 Å². The standard InChI is InChI=1S/C13H19BrN2O/c1-2-17-13-5-7-16(8-6-13)10-12-4-3-11(14)9-15-12/h3-4,9,13H,2,5-8,10H2,1H3. The van der Waals surface area contributed by atoms with E-state index in [1.807, 2.05) is 6.20 Å². The molecule has 0 bridgehead atoms. The minimum Gasteiger partial charge on any atom is -0.378 e. The van der Waals surface area contributed by atoms with Crippen molar-refractivity contribution in [1.29, 1.82) is 0 Å². The van der Waals surface area contributed by atoms with Crippen LogP contribution in [0, 0.1) is 0 Å². The van der Waals surface area contributed by atoms with Crippen LogP contribution in [0.15, 0.2) is 22.8 Å². The fourth-order valence-electron chi connectivity index (χ4n) is 2.20. The van der Waals surface area contributed by atoms with Gasteiger partial charge in [0.25, 0.3) is 0 Å². The molecule has 1 aromatic heterocycles. The predicted octanol–water partition coefficient (Wildman–Crippen LogP) is 2.85. The molecule has 0 saturated carbocycles. The summed E-state index contributed by atoms with van der Waals surface area (Å²) in [6, 6.07) is 4.13. The van der Waals surface area contributed by atoms with Gasteiger partial charge in [0.15, 0.2) is 0 Å². The Labute approximate surface area is 111 Å². The highest BCUT2D eigenvalue weighted by molar-refractivity contribution is 9.10. The van der Waals surface area contributed by atoms with Crippen molar-refractivity contribution in [2.45, 2.75) is 32.4 Å². The highest BCUT2D eigenvalue weighted by Crippen LogP contribution is 2.16. The summed E-state index contributed by atoms with van der Waals surface area (Å²) < 4.78 is 6.69. The molecule has 0 radical (unpaired) electrons. The Bertz CT molecular complexity index is 334. The second-order valence-corrected chi connectivity index (χ2v) is 5.31. The summed E-state index contributed by atoms with van der Waals surface area (Å²) in [6.45, 7) is 6.08. The highest BCUT2D eigenvalue weighted by atomic mass is 79.9. The zero-order valence-electron chi connectivity index (χ0n) is 10.2. The van der Waals surface area contributed by atoms with Crippen LogP contribution in [0.5, 0.6) is 0 Å². The molecule has 2 rings (SSSR count). The molecule has 0 atom stereocenters. The maximum absolute atomic E-state index is 5.65. The van der Waals surface area contributed by atoms with Gasteiger partial charge >= 0.3 is 0 Å². The van der Waals surface area contributed by atoms with Crippen LogP contribution in [0.4, 0.5) is 0 Å². The number of likely N-dealkylation sites (tertiary alicyclic amines) is 1. The third kappa shape index (κ3) is 4.05. The Balaban J connectivity index is 1.79. The maximum Gasteiger partial charge on any atom is 0.0599 e. The topological polar surface area (TPSA) is 25.4 Å². The molecular formula is C13H19BrN2O. The van der Waals surface area contributed by atoms with Crippen molar-refractivity contribution >= 4 is 15.9 Å². The summed E-state index contributed by atoms with van der Waals surface area (Å²) in [5, 5.41) is 0. The fraction of sp³-hybridized carbons (Fsp3) is 0.615. The fourth-order valence-corrected chi connectivity index (χ4v) is 2.43. The number of hydrogen-bond donors (Lipinski definition) is 0. The van der Waals surface area contributed by atoms with Gasteiger partial charge in [-0.1, -0.05) is 0 Å². The normalized spacial score (nSPS) is 18.5. The Hall–Kier alpha value is -0.450. The molecule has 1 aliphatic rings. The minimum absolute atomic E-state index is 0.467. The van der Waals surface area contributed by atoms with E-state index in [9.17, 15) is 0 Å². The quantitative estimate of drug-likeness (QED) is 0.855. The molecule has 0 aliphatic carbocycles. The first-order valence-electron chi connectivity index (χ1n) is 6.22. The van der Waals surface area contributed by atoms with Crippen molar-refractivity contribution in [3.05, 3.63) is 28.5 Å². The van der Waals surface area contributed by atoms with Crippen LogP contribution < -0.4 is 0 Å². The number of rotatable bonds is 4. The van der Waals surface area contributed by atoms with Crippen molar-refractivity contribution in [2.24, 2.45) is 0 Å². The minimum atomic E-state index is 0.467. The second-order valence-electron chi connectivity index (χ2n) is 4.40. The third-order valence-corrected chi connectivity index (χ3v) is 3.58. The molecule has 0 N–H and O–H groups in total. The first-order valence-corrected chi connectivity index (χ1v) is 7.01. The Morgan fingerprint density at radius 2 is 2.18 bits per heavy atom. The number of aromatic nitrogens is 1. The molecule has 3 nitrogen and oxygen atoms in total. The SMILES string of the molecule is CCOC1CCN(Cc2ccc(Br)cn2)CC1. The lowest BCUT2D eigenvalue weighted by atomic mass is 10.1. The van der Waals surface area contributed by atoms with Crippen molar-refractivity contribution in [3.8, 4) is 0 Å². The van der Waals surface area contributed by atoms with E-state index in [0.29, 0.717) is 6.10 Å². The average Bonchev–Trinajstić information content (AvgIpc) is 2.35. The van der Waals surface area contributed by atoms with Crippen LogP contribution in [0.25, 0.3) is 0 Å². The molecule has 1 fully saturated rings. The molecule has 0 amide bonds. The van der Waals surface area contributed by atoms with Gasteiger partial charge in [0.05, 0.1) is 11.8 Å². The number of ether oxygens (including phenoxy) is 1. The van der Waals surface area contributed by atoms with E-state index in [2.05, 4.69) is 44.9 Å². The van der Waals surface area contributed by atoms with E-state index in [1.54, 1.807) is 0 Å². The largest absolute Gasteiger partial charge is 0.378 e. The van der Waals surface area contributed by atoms with Crippen LogP contribution in [0.2, 0.25) is 0 Å². The van der Waals surface area contributed by atoms with Gasteiger partial charge in [-0.15, -0.1) is 0 Å². The molecule has 1 aromatic rings. The lowest BCUT2D eigenvalue weighted by Gasteiger charge is -2.31. The molecule has 0 unspecified atom stereocenters. The van der Waals surface area contributed by atoms with E-state index < -0.39 is 0 Å². The predicted molar refractivity (Wildman–Crippen MR) is 71.9 cm³/mol. The lowest BCUT2D eigenvalue weighted by Crippen LogP contribution is -2.36. The number of halogens is 1. The first kappa shape index (κ1) is 13.0. The van der Waals surface area contributed by atoms with E-state index in [0.717, 1.165) is 49.2 Å². The van der Waals surface area contributed by atoms with Gasteiger partial charge in [0.1, 0.15) is 0 Å². The molecular weight excluding hydrogens is 280 g/mol. The van der Waals surface area contributed by atoms with Gasteiger partial charge in [0, 0.05) is 36.9 Å². The zero-order chi connectivity index (χ0) is 12.1. The summed E-state index contributed by atoms with van der Waals surface area (Å²) >= 11 is 3.40. The zero-order valence-corrected chi connectivity index (χ0v) is 11.8. The molecule has 94 valence electrons. The molecule has 1 aliphatic heterocycles. The van der Waals surface area contributed by atoms with Crippen LogP contribution in [-0.4, -0.2) is 35.7 Å². The van der Waals surface area contributed by atoms with Gasteiger partial charge in [-0.05, 0) is 47.8 Å². The van der Waals surface area contributed by atoms with E-state index in [-0.39, 0.29) is 0 Å². The number of hydrogen-bond acceptors (Lipinski definition) is 3. The summed E-state index contributed by atoms with van der Waals surface area (Å²) in [4.78, 5) is 6.86. The first-order chi connectivity index (χ1) is 8.28. The Morgan fingerprint density at radius 3 is 2.76 bits per heavy atom. The van der Waals surface area contributed by atoms with Crippen LogP contribution in [0.1, 0.15) is 25.5 Å².